The van der Waals surface area contributed by atoms with Crippen LogP contribution in [0.3, 0.4) is 0 Å². The van der Waals surface area contributed by atoms with Gasteiger partial charge in [0.2, 0.25) is 0 Å². The minimum absolute atomic E-state index is 0.264. The Hall–Kier alpha value is -1.55. The summed E-state index contributed by atoms with van der Waals surface area (Å²) in [5.41, 5.74) is 9.15. The summed E-state index contributed by atoms with van der Waals surface area (Å²) in [6.07, 6.45) is 3.32. The molecule has 3 N–H and O–H groups in total. The first-order chi connectivity index (χ1) is 11.0. The molecule has 0 fully saturated rings. The van der Waals surface area contributed by atoms with Crippen LogP contribution in [0.25, 0.3) is 0 Å². The SMILES string of the molecule is CCOCCCNC(N)=NCC1CCC(C)(C)c2ccccc21. The van der Waals surface area contributed by atoms with E-state index in [1.807, 2.05) is 6.92 Å². The first-order valence-electron chi connectivity index (χ1n) is 8.75. The number of fused-ring (bicyclic) bond motifs is 1. The van der Waals surface area contributed by atoms with E-state index in [4.69, 9.17) is 10.5 Å². The number of aliphatic imine (C=N–C) groups is 1. The van der Waals surface area contributed by atoms with E-state index in [0.29, 0.717) is 11.9 Å². The topological polar surface area (TPSA) is 59.6 Å². The molecule has 1 atom stereocenters. The van der Waals surface area contributed by atoms with Crippen molar-refractivity contribution in [1.29, 1.82) is 0 Å². The maximum atomic E-state index is 5.98. The lowest BCUT2D eigenvalue weighted by atomic mass is 9.69. The van der Waals surface area contributed by atoms with Crippen molar-refractivity contribution in [2.45, 2.75) is 51.4 Å². The highest BCUT2D eigenvalue weighted by molar-refractivity contribution is 5.77. The Kier molecular flexibility index (Phi) is 6.46. The number of guanidine groups is 1. The van der Waals surface area contributed by atoms with Gasteiger partial charge < -0.3 is 15.8 Å². The van der Waals surface area contributed by atoms with Crippen molar-refractivity contribution in [2.75, 3.05) is 26.3 Å². The molecule has 0 heterocycles. The van der Waals surface area contributed by atoms with Crippen molar-refractivity contribution in [2.24, 2.45) is 10.7 Å². The van der Waals surface area contributed by atoms with Crippen LogP contribution in [0.2, 0.25) is 0 Å². The zero-order valence-electron chi connectivity index (χ0n) is 14.8. The van der Waals surface area contributed by atoms with E-state index < -0.39 is 0 Å². The van der Waals surface area contributed by atoms with E-state index >= 15 is 0 Å². The number of benzene rings is 1. The zero-order valence-corrected chi connectivity index (χ0v) is 14.8. The number of rotatable bonds is 7. The summed E-state index contributed by atoms with van der Waals surface area (Å²) in [5, 5.41) is 3.17. The van der Waals surface area contributed by atoms with E-state index in [-0.39, 0.29) is 5.41 Å². The van der Waals surface area contributed by atoms with Crippen LogP contribution in [0.1, 0.15) is 57.1 Å². The van der Waals surface area contributed by atoms with Gasteiger partial charge in [-0.3, -0.25) is 4.99 Å². The molecule has 1 aliphatic rings. The Bertz CT molecular complexity index is 525. The highest BCUT2D eigenvalue weighted by Crippen LogP contribution is 2.42. The second-order valence-corrected chi connectivity index (χ2v) is 6.91. The molecular formula is C19H31N3O. The minimum atomic E-state index is 0.264. The van der Waals surface area contributed by atoms with Crippen LogP contribution >= 0.6 is 0 Å². The molecule has 1 aromatic rings. The summed E-state index contributed by atoms with van der Waals surface area (Å²) in [6.45, 7) is 9.77. The highest BCUT2D eigenvalue weighted by Gasteiger charge is 2.31. The number of nitrogens with one attached hydrogen (secondary N) is 1. The largest absolute Gasteiger partial charge is 0.382 e. The molecule has 0 saturated carbocycles. The predicted octanol–water partition coefficient (Wildman–Crippen LogP) is 3.17. The summed E-state index contributed by atoms with van der Waals surface area (Å²) >= 11 is 0. The second-order valence-electron chi connectivity index (χ2n) is 6.91. The molecule has 0 saturated heterocycles. The number of hydrogen-bond donors (Lipinski definition) is 2. The summed E-state index contributed by atoms with van der Waals surface area (Å²) in [6, 6.07) is 8.79. The maximum absolute atomic E-state index is 5.98. The Labute approximate surface area is 140 Å². The predicted molar refractivity (Wildman–Crippen MR) is 97.0 cm³/mol. The van der Waals surface area contributed by atoms with Gasteiger partial charge in [0.25, 0.3) is 0 Å². The molecule has 1 unspecified atom stereocenters. The summed E-state index contributed by atoms with van der Waals surface area (Å²) in [7, 11) is 0. The molecule has 0 amide bonds. The molecule has 4 nitrogen and oxygen atoms in total. The van der Waals surface area contributed by atoms with Gasteiger partial charge in [0, 0.05) is 32.2 Å². The molecule has 0 aliphatic heterocycles. The smallest absolute Gasteiger partial charge is 0.188 e. The third-order valence-corrected chi connectivity index (χ3v) is 4.71. The number of nitrogens with zero attached hydrogens (tertiary/aromatic N) is 1. The molecular weight excluding hydrogens is 286 g/mol. The number of nitrogens with two attached hydrogens (primary N) is 1. The third-order valence-electron chi connectivity index (χ3n) is 4.71. The van der Waals surface area contributed by atoms with Gasteiger partial charge in [-0.05, 0) is 42.7 Å². The van der Waals surface area contributed by atoms with E-state index in [9.17, 15) is 0 Å². The van der Waals surface area contributed by atoms with Crippen molar-refractivity contribution in [3.8, 4) is 0 Å². The van der Waals surface area contributed by atoms with Gasteiger partial charge in [0.05, 0.1) is 0 Å². The van der Waals surface area contributed by atoms with Crippen LogP contribution in [-0.4, -0.2) is 32.3 Å². The van der Waals surface area contributed by atoms with Gasteiger partial charge in [-0.2, -0.15) is 0 Å². The minimum Gasteiger partial charge on any atom is -0.382 e. The van der Waals surface area contributed by atoms with Crippen molar-refractivity contribution in [3.05, 3.63) is 35.4 Å². The van der Waals surface area contributed by atoms with Crippen molar-refractivity contribution < 1.29 is 4.74 Å². The van der Waals surface area contributed by atoms with E-state index in [2.05, 4.69) is 48.4 Å². The number of hydrogen-bond acceptors (Lipinski definition) is 2. The Morgan fingerprint density at radius 2 is 2.17 bits per heavy atom. The van der Waals surface area contributed by atoms with Gasteiger partial charge in [0.1, 0.15) is 0 Å². The van der Waals surface area contributed by atoms with Gasteiger partial charge in [-0.25, -0.2) is 0 Å². The Morgan fingerprint density at radius 3 is 2.96 bits per heavy atom. The summed E-state index contributed by atoms with van der Waals surface area (Å²) in [4.78, 5) is 4.55. The molecule has 0 aromatic heterocycles. The van der Waals surface area contributed by atoms with Crippen molar-refractivity contribution in [1.82, 2.24) is 5.32 Å². The first kappa shape index (κ1) is 17.8. The lowest BCUT2D eigenvalue weighted by molar-refractivity contribution is 0.145. The Morgan fingerprint density at radius 1 is 1.39 bits per heavy atom. The fourth-order valence-electron chi connectivity index (χ4n) is 3.28. The fourth-order valence-corrected chi connectivity index (χ4v) is 3.28. The number of ether oxygens (including phenoxy) is 1. The molecule has 1 aliphatic carbocycles. The molecule has 0 bridgehead atoms. The molecule has 128 valence electrons. The lowest BCUT2D eigenvalue weighted by Gasteiger charge is -2.36. The first-order valence-corrected chi connectivity index (χ1v) is 8.75. The summed E-state index contributed by atoms with van der Waals surface area (Å²) in [5.74, 6) is 1.02. The van der Waals surface area contributed by atoms with Crippen LogP contribution in [-0.2, 0) is 10.2 Å². The molecule has 0 spiro atoms. The van der Waals surface area contributed by atoms with Crippen molar-refractivity contribution >= 4 is 5.96 Å². The van der Waals surface area contributed by atoms with E-state index in [1.54, 1.807) is 0 Å². The molecule has 4 heteroatoms. The van der Waals surface area contributed by atoms with Gasteiger partial charge in [0.15, 0.2) is 5.96 Å². The molecule has 23 heavy (non-hydrogen) atoms. The van der Waals surface area contributed by atoms with E-state index in [0.717, 1.165) is 32.7 Å². The zero-order chi connectivity index (χ0) is 16.7. The standard InChI is InChI=1S/C19H31N3O/c1-4-23-13-7-12-21-18(20)22-14-15-10-11-19(2,3)17-9-6-5-8-16(15)17/h5-6,8-9,15H,4,7,10-14H2,1-3H3,(H3,20,21,22). The van der Waals surface area contributed by atoms with Gasteiger partial charge >= 0.3 is 0 Å². The van der Waals surface area contributed by atoms with Crippen LogP contribution in [0, 0.1) is 0 Å². The van der Waals surface area contributed by atoms with E-state index in [1.165, 1.54) is 24.0 Å². The van der Waals surface area contributed by atoms with Gasteiger partial charge in [-0.1, -0.05) is 38.1 Å². The van der Waals surface area contributed by atoms with Crippen LogP contribution in [0.5, 0.6) is 0 Å². The molecule has 2 rings (SSSR count). The Balaban J connectivity index is 1.89. The van der Waals surface area contributed by atoms with Gasteiger partial charge in [-0.15, -0.1) is 0 Å². The average Bonchev–Trinajstić information content (AvgIpc) is 2.54. The monoisotopic (exact) mass is 317 g/mol. The lowest BCUT2D eigenvalue weighted by Crippen LogP contribution is -2.34. The molecule has 1 aromatic carbocycles. The molecule has 0 radical (unpaired) electrons. The van der Waals surface area contributed by atoms with Crippen LogP contribution < -0.4 is 11.1 Å². The normalized spacial score (nSPS) is 20.1. The highest BCUT2D eigenvalue weighted by atomic mass is 16.5. The van der Waals surface area contributed by atoms with Crippen molar-refractivity contribution in [3.63, 3.8) is 0 Å². The fraction of sp³-hybridized carbons (Fsp3) is 0.632. The second kappa shape index (κ2) is 8.34. The van der Waals surface area contributed by atoms with Crippen LogP contribution in [0.4, 0.5) is 0 Å². The third kappa shape index (κ3) is 4.96. The summed E-state index contributed by atoms with van der Waals surface area (Å²) < 4.78 is 5.31. The average molecular weight is 317 g/mol. The quantitative estimate of drug-likeness (QED) is 0.461. The maximum Gasteiger partial charge on any atom is 0.188 e. The van der Waals surface area contributed by atoms with Crippen LogP contribution in [0.15, 0.2) is 29.3 Å².